The van der Waals surface area contributed by atoms with Crippen molar-refractivity contribution >= 4 is 22.2 Å². The van der Waals surface area contributed by atoms with Gasteiger partial charge in [-0.15, -0.1) is 11.3 Å². The molecule has 0 saturated carbocycles. The molecule has 2 nitrogen and oxygen atoms in total. The first kappa shape index (κ1) is 13.3. The fraction of sp³-hybridized carbons (Fsp3) is 0.235. The van der Waals surface area contributed by atoms with Crippen molar-refractivity contribution in [2.75, 3.05) is 7.05 Å². The van der Waals surface area contributed by atoms with Crippen molar-refractivity contribution < 1.29 is 0 Å². The molecule has 0 bridgehead atoms. The Kier molecular flexibility index (Phi) is 3.81. The van der Waals surface area contributed by atoms with Crippen LogP contribution in [0.1, 0.15) is 23.5 Å². The van der Waals surface area contributed by atoms with E-state index in [0.717, 1.165) is 17.8 Å². The van der Waals surface area contributed by atoms with Crippen molar-refractivity contribution in [3.8, 4) is 0 Å². The molecule has 0 spiro atoms. The van der Waals surface area contributed by atoms with Crippen LogP contribution < -0.4 is 0 Å². The molecule has 3 heteroatoms. The van der Waals surface area contributed by atoms with Gasteiger partial charge in [-0.05, 0) is 37.6 Å². The molecule has 0 aliphatic carbocycles. The summed E-state index contributed by atoms with van der Waals surface area (Å²) in [6.07, 6.45) is 0. The highest BCUT2D eigenvalue weighted by molar-refractivity contribution is 7.10. The van der Waals surface area contributed by atoms with Crippen LogP contribution in [0.5, 0.6) is 0 Å². The Morgan fingerprint density at radius 3 is 2.75 bits per heavy atom. The molecule has 2 heterocycles. The van der Waals surface area contributed by atoms with Gasteiger partial charge in [-0.25, -0.2) is 0 Å². The van der Waals surface area contributed by atoms with Crippen LogP contribution in [0, 0.1) is 0 Å². The molecule has 20 heavy (non-hydrogen) atoms. The molecule has 3 aromatic rings. The van der Waals surface area contributed by atoms with Gasteiger partial charge in [0.15, 0.2) is 0 Å². The normalized spacial score (nSPS) is 12.9. The van der Waals surface area contributed by atoms with Crippen LogP contribution in [0.4, 0.5) is 0 Å². The van der Waals surface area contributed by atoms with E-state index in [4.69, 9.17) is 4.98 Å². The third kappa shape index (κ3) is 2.74. The van der Waals surface area contributed by atoms with Crippen molar-refractivity contribution in [1.29, 1.82) is 0 Å². The first-order valence-electron chi connectivity index (χ1n) is 6.82. The number of nitrogens with zero attached hydrogens (tertiary/aromatic N) is 2. The standard InChI is InChI=1S/C17H18N2S/c1-13(17-8-5-11-20-17)19(2)12-15-10-9-14-6-3-4-7-16(14)18-15/h3-11,13H,12H2,1-2H3/t13-/m1/s1. The maximum Gasteiger partial charge on any atom is 0.0705 e. The van der Waals surface area contributed by atoms with Crippen LogP contribution in [0.15, 0.2) is 53.9 Å². The summed E-state index contributed by atoms with van der Waals surface area (Å²) < 4.78 is 0. The number of para-hydroxylation sites is 1. The fourth-order valence-electron chi connectivity index (χ4n) is 2.33. The lowest BCUT2D eigenvalue weighted by atomic mass is 10.2. The molecule has 0 saturated heterocycles. The van der Waals surface area contributed by atoms with E-state index in [1.54, 1.807) is 0 Å². The maximum absolute atomic E-state index is 4.74. The third-order valence-corrected chi connectivity index (χ3v) is 4.73. The summed E-state index contributed by atoms with van der Waals surface area (Å²) in [5, 5.41) is 3.33. The van der Waals surface area contributed by atoms with Gasteiger partial charge >= 0.3 is 0 Å². The topological polar surface area (TPSA) is 16.1 Å². The second kappa shape index (κ2) is 5.73. The predicted molar refractivity (Wildman–Crippen MR) is 85.9 cm³/mol. The lowest BCUT2D eigenvalue weighted by molar-refractivity contribution is 0.254. The molecule has 0 N–H and O–H groups in total. The van der Waals surface area contributed by atoms with Crippen molar-refractivity contribution in [2.24, 2.45) is 0 Å². The van der Waals surface area contributed by atoms with Crippen LogP contribution in [0.25, 0.3) is 10.9 Å². The largest absolute Gasteiger partial charge is 0.293 e. The Morgan fingerprint density at radius 2 is 1.95 bits per heavy atom. The molecule has 0 amide bonds. The monoisotopic (exact) mass is 282 g/mol. The average molecular weight is 282 g/mol. The van der Waals surface area contributed by atoms with E-state index in [2.05, 4.69) is 66.7 Å². The molecule has 1 atom stereocenters. The number of hydrogen-bond acceptors (Lipinski definition) is 3. The Morgan fingerprint density at radius 1 is 1.10 bits per heavy atom. The highest BCUT2D eigenvalue weighted by Crippen LogP contribution is 2.24. The molecule has 3 rings (SSSR count). The minimum absolute atomic E-state index is 0.420. The first-order chi connectivity index (χ1) is 9.74. The molecule has 0 fully saturated rings. The number of benzene rings is 1. The second-order valence-corrected chi connectivity index (χ2v) is 6.08. The van der Waals surface area contributed by atoms with E-state index in [9.17, 15) is 0 Å². The minimum atomic E-state index is 0.420. The van der Waals surface area contributed by atoms with Gasteiger partial charge in [0, 0.05) is 22.8 Å². The van der Waals surface area contributed by atoms with E-state index >= 15 is 0 Å². The van der Waals surface area contributed by atoms with Crippen molar-refractivity contribution in [3.63, 3.8) is 0 Å². The van der Waals surface area contributed by atoms with Gasteiger partial charge in [0.25, 0.3) is 0 Å². The highest BCUT2D eigenvalue weighted by atomic mass is 32.1. The first-order valence-corrected chi connectivity index (χ1v) is 7.70. The lowest BCUT2D eigenvalue weighted by Gasteiger charge is -2.23. The second-order valence-electron chi connectivity index (χ2n) is 5.10. The average Bonchev–Trinajstić information content (AvgIpc) is 3.00. The summed E-state index contributed by atoms with van der Waals surface area (Å²) in [7, 11) is 2.15. The van der Waals surface area contributed by atoms with Crippen molar-refractivity contribution in [1.82, 2.24) is 9.88 Å². The van der Waals surface area contributed by atoms with Gasteiger partial charge in [-0.1, -0.05) is 30.3 Å². The summed E-state index contributed by atoms with van der Waals surface area (Å²) in [4.78, 5) is 8.47. The molecule has 0 aliphatic heterocycles. The Hall–Kier alpha value is -1.71. The highest BCUT2D eigenvalue weighted by Gasteiger charge is 2.13. The fourth-order valence-corrected chi connectivity index (χ4v) is 3.18. The number of pyridine rings is 1. The van der Waals surface area contributed by atoms with Crippen LogP contribution in [0.3, 0.4) is 0 Å². The van der Waals surface area contributed by atoms with Gasteiger partial charge in [0.05, 0.1) is 11.2 Å². The van der Waals surface area contributed by atoms with E-state index < -0.39 is 0 Å². The van der Waals surface area contributed by atoms with Crippen LogP contribution >= 0.6 is 11.3 Å². The maximum atomic E-state index is 4.74. The van der Waals surface area contributed by atoms with Gasteiger partial charge in [0.2, 0.25) is 0 Å². The van der Waals surface area contributed by atoms with Crippen LogP contribution in [-0.4, -0.2) is 16.9 Å². The van der Waals surface area contributed by atoms with E-state index in [1.165, 1.54) is 10.3 Å². The lowest BCUT2D eigenvalue weighted by Crippen LogP contribution is -2.21. The van der Waals surface area contributed by atoms with Gasteiger partial charge in [0.1, 0.15) is 0 Å². The van der Waals surface area contributed by atoms with Crippen molar-refractivity contribution in [3.05, 3.63) is 64.5 Å². The zero-order valence-corrected chi connectivity index (χ0v) is 12.6. The number of thiophene rings is 1. The zero-order valence-electron chi connectivity index (χ0n) is 11.8. The van der Waals surface area contributed by atoms with Gasteiger partial charge < -0.3 is 0 Å². The quantitative estimate of drug-likeness (QED) is 0.701. The van der Waals surface area contributed by atoms with E-state index in [0.29, 0.717) is 6.04 Å². The number of aromatic nitrogens is 1. The van der Waals surface area contributed by atoms with Crippen molar-refractivity contribution in [2.45, 2.75) is 19.5 Å². The SMILES string of the molecule is C[C@H](c1cccs1)N(C)Cc1ccc2ccccc2n1. The van der Waals surface area contributed by atoms with Crippen LogP contribution in [0.2, 0.25) is 0 Å². The van der Waals surface area contributed by atoms with E-state index in [-0.39, 0.29) is 0 Å². The Balaban J connectivity index is 1.78. The molecule has 0 unspecified atom stereocenters. The molecule has 1 aromatic carbocycles. The van der Waals surface area contributed by atoms with Crippen LogP contribution in [-0.2, 0) is 6.54 Å². The third-order valence-electron chi connectivity index (χ3n) is 3.68. The summed E-state index contributed by atoms with van der Waals surface area (Å²) in [6.45, 7) is 3.11. The Labute approximate surface area is 123 Å². The van der Waals surface area contributed by atoms with Gasteiger partial charge in [-0.2, -0.15) is 0 Å². The molecule has 0 radical (unpaired) electrons. The number of rotatable bonds is 4. The molecule has 102 valence electrons. The summed E-state index contributed by atoms with van der Waals surface area (Å²) in [5.74, 6) is 0. The van der Waals surface area contributed by atoms with Gasteiger partial charge in [-0.3, -0.25) is 9.88 Å². The number of fused-ring (bicyclic) bond motifs is 1. The predicted octanol–water partition coefficient (Wildman–Crippen LogP) is 4.49. The summed E-state index contributed by atoms with van der Waals surface area (Å²) in [6, 6.07) is 17.3. The molecular weight excluding hydrogens is 264 g/mol. The molecular formula is C17H18N2S. The number of hydrogen-bond donors (Lipinski definition) is 0. The summed E-state index contributed by atoms with van der Waals surface area (Å²) in [5.41, 5.74) is 2.19. The Bertz CT molecular complexity index is 691. The summed E-state index contributed by atoms with van der Waals surface area (Å²) >= 11 is 1.81. The smallest absolute Gasteiger partial charge is 0.0705 e. The molecule has 0 aliphatic rings. The minimum Gasteiger partial charge on any atom is -0.293 e. The zero-order chi connectivity index (χ0) is 13.9. The molecule has 2 aromatic heterocycles. The van der Waals surface area contributed by atoms with E-state index in [1.807, 2.05) is 17.4 Å².